The molecule has 0 saturated heterocycles. The first kappa shape index (κ1) is 25.8. The molecule has 38 heavy (non-hydrogen) atoms. The zero-order chi connectivity index (χ0) is 26.0. The van der Waals surface area contributed by atoms with E-state index in [2.05, 4.69) is 163 Å². The van der Waals surface area contributed by atoms with Gasteiger partial charge in [-0.1, -0.05) is 163 Å². The largest absolute Gasteiger partial charge is 0.223 e. The van der Waals surface area contributed by atoms with Gasteiger partial charge in [0.05, 0.1) is 5.75 Å². The Morgan fingerprint density at radius 3 is 1.18 bits per heavy atom. The Labute approximate surface area is 231 Å². The molecule has 0 saturated carbocycles. The number of hydrogen-bond donors (Lipinski definition) is 0. The van der Waals surface area contributed by atoms with E-state index in [1.807, 2.05) is 11.8 Å². The highest BCUT2D eigenvalue weighted by Crippen LogP contribution is 2.13. The normalized spacial score (nSPS) is 13.1. The lowest BCUT2D eigenvalue weighted by atomic mass is 9.13. The van der Waals surface area contributed by atoms with Gasteiger partial charge in [0.1, 0.15) is 6.15 Å². The van der Waals surface area contributed by atoms with Crippen molar-refractivity contribution < 1.29 is 4.58 Å². The summed E-state index contributed by atoms with van der Waals surface area (Å²) in [6.07, 6.45) is -1.22. The Balaban J connectivity index is 0.000000190. The van der Waals surface area contributed by atoms with Gasteiger partial charge in [-0.3, -0.25) is 0 Å². The molecule has 1 aliphatic rings. The molecule has 3 heteroatoms. The zero-order valence-corrected chi connectivity index (χ0v) is 22.8. The van der Waals surface area contributed by atoms with Gasteiger partial charge < -0.3 is 0 Å². The van der Waals surface area contributed by atoms with E-state index in [0.29, 0.717) is 0 Å². The lowest BCUT2D eigenvalue weighted by Crippen LogP contribution is -2.74. The van der Waals surface area contributed by atoms with Crippen LogP contribution in [-0.2, 0) is 6.54 Å². The average Bonchev–Trinajstić information content (AvgIpc) is 3.40. The first-order valence-corrected chi connectivity index (χ1v) is 14.4. The predicted molar refractivity (Wildman–Crippen MR) is 168 cm³/mol. The van der Waals surface area contributed by atoms with E-state index in [1.165, 1.54) is 44.8 Å². The molecule has 0 amide bonds. The van der Waals surface area contributed by atoms with Crippen LogP contribution in [-0.4, -0.2) is 28.1 Å². The Hall–Kier alpha value is -3.82. The van der Waals surface area contributed by atoms with Crippen molar-refractivity contribution in [3.63, 3.8) is 0 Å². The molecule has 0 unspecified atom stereocenters. The molecule has 1 aliphatic heterocycles. The second kappa shape index (κ2) is 12.6. The standard InChI is InChI=1S/C24H20B.C11H14NS/c1-5-13-21(14-6-1)25(22-15-7-2-8-16-22,23-17-9-3-10-18-23)24-19-11-4-12-20-24;1-10-12(7-8-13-10)9-11-5-3-2-4-6-11/h1-20H;2-6H,7-9H2,1H3/q-1;+1. The highest BCUT2D eigenvalue weighted by atomic mass is 32.2. The molecule has 0 spiro atoms. The summed E-state index contributed by atoms with van der Waals surface area (Å²) in [6.45, 7) is 4.48. The van der Waals surface area contributed by atoms with Gasteiger partial charge in [-0.05, 0) is 0 Å². The van der Waals surface area contributed by atoms with Crippen LogP contribution < -0.4 is 21.9 Å². The van der Waals surface area contributed by atoms with E-state index < -0.39 is 6.15 Å². The Kier molecular flexibility index (Phi) is 8.58. The van der Waals surface area contributed by atoms with Gasteiger partial charge in [-0.25, -0.2) is 4.58 Å². The van der Waals surface area contributed by atoms with Crippen molar-refractivity contribution in [2.75, 3.05) is 12.3 Å². The summed E-state index contributed by atoms with van der Waals surface area (Å²) in [5.74, 6) is 1.25. The van der Waals surface area contributed by atoms with Crippen molar-refractivity contribution in [2.24, 2.45) is 0 Å². The molecule has 0 atom stereocenters. The predicted octanol–water partition coefficient (Wildman–Crippen LogP) is 5.43. The minimum Gasteiger partial charge on any atom is -0.223 e. The third kappa shape index (κ3) is 5.69. The van der Waals surface area contributed by atoms with Crippen LogP contribution in [0.15, 0.2) is 152 Å². The maximum absolute atomic E-state index is 2.44. The van der Waals surface area contributed by atoms with E-state index in [9.17, 15) is 0 Å². The third-order valence-electron chi connectivity index (χ3n) is 7.53. The van der Waals surface area contributed by atoms with E-state index in [0.717, 1.165) is 6.54 Å². The Morgan fingerprint density at radius 1 is 0.526 bits per heavy atom. The smallest absolute Gasteiger partial charge is 0.207 e. The Bertz CT molecular complexity index is 1270. The second-order valence-corrected chi connectivity index (χ2v) is 11.1. The molecular weight excluding hydrogens is 477 g/mol. The fraction of sp³-hybridized carbons (Fsp3) is 0.114. The van der Waals surface area contributed by atoms with Crippen molar-refractivity contribution in [1.29, 1.82) is 0 Å². The molecule has 6 rings (SSSR count). The van der Waals surface area contributed by atoms with Gasteiger partial charge in [0.15, 0.2) is 13.1 Å². The summed E-state index contributed by atoms with van der Waals surface area (Å²) >= 11 is 1.97. The molecule has 5 aromatic rings. The lowest BCUT2D eigenvalue weighted by Gasteiger charge is -2.44. The SMILES string of the molecule is CC1=[N+](Cc2ccccc2)CCS1.c1ccc([B-](c2ccccc2)(c2ccccc2)c2ccccc2)cc1. The minimum absolute atomic E-state index is 1.07. The van der Waals surface area contributed by atoms with Crippen molar-refractivity contribution in [1.82, 2.24) is 0 Å². The van der Waals surface area contributed by atoms with Crippen molar-refractivity contribution in [3.05, 3.63) is 157 Å². The summed E-state index contributed by atoms with van der Waals surface area (Å²) < 4.78 is 2.44. The van der Waals surface area contributed by atoms with Crippen molar-refractivity contribution in [2.45, 2.75) is 13.5 Å². The highest BCUT2D eigenvalue weighted by molar-refractivity contribution is 8.13. The fourth-order valence-electron chi connectivity index (χ4n) is 5.67. The average molecular weight is 512 g/mol. The second-order valence-electron chi connectivity index (χ2n) is 9.78. The monoisotopic (exact) mass is 511 g/mol. The van der Waals surface area contributed by atoms with Crippen LogP contribution in [0, 0.1) is 0 Å². The summed E-state index contributed by atoms with van der Waals surface area (Å²) in [4.78, 5) is 0. The van der Waals surface area contributed by atoms with Gasteiger partial charge in [-0.15, -0.1) is 0 Å². The summed E-state index contributed by atoms with van der Waals surface area (Å²) in [5, 5.41) is 1.46. The van der Waals surface area contributed by atoms with Crippen LogP contribution in [0.3, 0.4) is 0 Å². The topological polar surface area (TPSA) is 3.01 Å². The lowest BCUT2D eigenvalue weighted by molar-refractivity contribution is -0.534. The highest BCUT2D eigenvalue weighted by Gasteiger charge is 2.31. The summed E-state index contributed by atoms with van der Waals surface area (Å²) in [5.41, 5.74) is 6.76. The molecule has 0 radical (unpaired) electrons. The molecule has 188 valence electrons. The van der Waals surface area contributed by atoms with Crippen LogP contribution in [0.2, 0.25) is 0 Å². The summed E-state index contributed by atoms with van der Waals surface area (Å²) in [6, 6.07) is 54.2. The molecule has 1 heterocycles. The number of thioether (sulfide) groups is 1. The summed E-state index contributed by atoms with van der Waals surface area (Å²) in [7, 11) is 0. The molecule has 0 fully saturated rings. The number of hydrogen-bond acceptors (Lipinski definition) is 1. The van der Waals surface area contributed by atoms with Gasteiger partial charge in [-0.2, -0.15) is 21.9 Å². The number of rotatable bonds is 6. The van der Waals surface area contributed by atoms with Gasteiger partial charge >= 0.3 is 0 Å². The van der Waals surface area contributed by atoms with Crippen LogP contribution >= 0.6 is 11.8 Å². The van der Waals surface area contributed by atoms with E-state index in [4.69, 9.17) is 0 Å². The van der Waals surface area contributed by atoms with Crippen LogP contribution in [0.4, 0.5) is 0 Å². The molecular formula is C35H34BNS. The number of benzene rings is 5. The molecule has 1 nitrogen and oxygen atoms in total. The third-order valence-corrected chi connectivity index (χ3v) is 8.59. The van der Waals surface area contributed by atoms with Crippen LogP contribution in [0.5, 0.6) is 0 Å². The molecule has 0 aromatic heterocycles. The number of nitrogens with zero attached hydrogens (tertiary/aromatic N) is 1. The van der Waals surface area contributed by atoms with E-state index in [1.54, 1.807) is 0 Å². The Morgan fingerprint density at radius 2 is 0.868 bits per heavy atom. The van der Waals surface area contributed by atoms with Crippen LogP contribution in [0.25, 0.3) is 0 Å². The minimum atomic E-state index is -1.22. The van der Waals surface area contributed by atoms with E-state index >= 15 is 0 Å². The van der Waals surface area contributed by atoms with Crippen LogP contribution in [0.1, 0.15) is 12.5 Å². The molecule has 5 aromatic carbocycles. The van der Waals surface area contributed by atoms with Gasteiger partial charge in [0.25, 0.3) is 0 Å². The van der Waals surface area contributed by atoms with Gasteiger partial charge in [0, 0.05) is 12.5 Å². The molecule has 0 bridgehead atoms. The maximum atomic E-state index is 2.44. The molecule has 0 N–H and O–H groups in total. The van der Waals surface area contributed by atoms with Crippen molar-refractivity contribution >= 4 is 44.8 Å². The fourth-order valence-corrected chi connectivity index (χ4v) is 6.61. The molecule has 0 aliphatic carbocycles. The van der Waals surface area contributed by atoms with Gasteiger partial charge in [0.2, 0.25) is 5.04 Å². The van der Waals surface area contributed by atoms with Crippen molar-refractivity contribution in [3.8, 4) is 0 Å². The quantitative estimate of drug-likeness (QED) is 0.217. The maximum Gasteiger partial charge on any atom is 0.207 e. The van der Waals surface area contributed by atoms with E-state index in [-0.39, 0.29) is 0 Å². The zero-order valence-electron chi connectivity index (χ0n) is 22.0. The first-order valence-electron chi connectivity index (χ1n) is 13.4. The first-order chi connectivity index (χ1) is 18.8.